The number of unbranched alkanes of at least 4 members (excludes halogenated alkanes) is 20. The van der Waals surface area contributed by atoms with Crippen LogP contribution in [0.3, 0.4) is 0 Å². The first-order valence-corrected chi connectivity index (χ1v) is 18.8. The van der Waals surface area contributed by atoms with Crippen LogP contribution in [-0.2, 0) is 0 Å². The van der Waals surface area contributed by atoms with Gasteiger partial charge in [-0.15, -0.1) is 0 Å². The van der Waals surface area contributed by atoms with Gasteiger partial charge in [-0.1, -0.05) is 71.1 Å². The molecule has 0 nitrogen and oxygen atoms in total. The molecule has 0 fully saturated rings. The first-order valence-electron chi connectivity index (χ1n) is 13.0. The van der Waals surface area contributed by atoms with Gasteiger partial charge in [-0.05, 0) is 0 Å². The molecule has 2 heteroatoms. The van der Waals surface area contributed by atoms with Crippen LogP contribution in [0.15, 0.2) is 0 Å². The van der Waals surface area contributed by atoms with E-state index in [-0.39, 0.29) is 0 Å². The van der Waals surface area contributed by atoms with Gasteiger partial charge in [-0.2, -0.15) is 0 Å². The molecule has 0 bridgehead atoms. The van der Waals surface area contributed by atoms with Crippen LogP contribution >= 0.6 is 20.8 Å². The number of hydrogen-bond acceptors (Lipinski definition) is 0. The molecule has 0 aliphatic heterocycles. The van der Waals surface area contributed by atoms with Crippen molar-refractivity contribution in [3.05, 3.63) is 0 Å². The minimum atomic E-state index is -1.42. The Morgan fingerprint density at radius 1 is 0.393 bits per heavy atom. The van der Waals surface area contributed by atoms with Crippen molar-refractivity contribution in [3.8, 4) is 0 Å². The van der Waals surface area contributed by atoms with Crippen molar-refractivity contribution in [1.82, 2.24) is 0 Å². The van der Waals surface area contributed by atoms with Gasteiger partial charge in [0.15, 0.2) is 0 Å². The van der Waals surface area contributed by atoms with Crippen molar-refractivity contribution in [1.29, 1.82) is 0 Å². The number of rotatable bonds is 22. The van der Waals surface area contributed by atoms with Crippen LogP contribution in [0.2, 0.25) is 0 Å². The molecule has 28 heavy (non-hydrogen) atoms. The van der Waals surface area contributed by atoms with E-state index >= 15 is 0 Å². The van der Waals surface area contributed by atoms with Gasteiger partial charge < -0.3 is 0 Å². The summed E-state index contributed by atoms with van der Waals surface area (Å²) < 4.78 is 0. The minimum absolute atomic E-state index is 1.37. The van der Waals surface area contributed by atoms with Gasteiger partial charge in [-0.25, -0.2) is 0 Å². The second kappa shape index (κ2) is 18.7. The average Bonchev–Trinajstić information content (AvgIpc) is 2.61. The molecular formula is C26H56BrP. The fraction of sp³-hybridized carbons (Fsp3) is 1.00. The van der Waals surface area contributed by atoms with E-state index in [1.807, 2.05) is 0 Å². The van der Waals surface area contributed by atoms with E-state index in [2.05, 4.69) is 42.4 Å². The number of hydrogen-bond donors (Lipinski definition) is 0. The summed E-state index contributed by atoms with van der Waals surface area (Å²) in [4.78, 5) is 0. The molecule has 0 aromatic heterocycles. The Bertz CT molecular complexity index is 309. The molecule has 0 amide bonds. The normalized spacial score (nSPS) is 13.5. The van der Waals surface area contributed by atoms with Crippen LogP contribution in [0, 0.1) is 0 Å². The zero-order valence-electron chi connectivity index (χ0n) is 20.4. The molecule has 0 rings (SSSR count). The van der Waals surface area contributed by atoms with Crippen molar-refractivity contribution >= 4 is 20.8 Å². The van der Waals surface area contributed by atoms with Crippen molar-refractivity contribution in [2.24, 2.45) is 0 Å². The molecule has 0 atom stereocenters. The molecule has 0 aromatic rings. The second-order valence-electron chi connectivity index (χ2n) is 10.7. The van der Waals surface area contributed by atoms with E-state index in [1.165, 1.54) is 141 Å². The summed E-state index contributed by atoms with van der Waals surface area (Å²) in [7, 11) is 0. The molecule has 0 spiro atoms. The van der Waals surface area contributed by atoms with Gasteiger partial charge in [0.25, 0.3) is 0 Å². The van der Waals surface area contributed by atoms with Crippen molar-refractivity contribution < 1.29 is 0 Å². The number of halogens is 1. The van der Waals surface area contributed by atoms with Crippen molar-refractivity contribution in [3.63, 3.8) is 0 Å². The SMILES string of the molecule is CCCCCCCCCCCCCCCCCCCCCCCP(C)(C)(C)Br. The van der Waals surface area contributed by atoms with Gasteiger partial charge in [0, 0.05) is 0 Å². The fourth-order valence-electron chi connectivity index (χ4n) is 4.08. The molecule has 0 aliphatic carbocycles. The van der Waals surface area contributed by atoms with Gasteiger partial charge in [0.05, 0.1) is 0 Å². The standard InChI is InChI=1S/C26H56BrP/c1-5-6-7-8-9-10-11-12-13-14-15-16-17-18-19-20-21-22-23-24-25-26-28(2,3,4)27/h5-26H2,1-4H3. The van der Waals surface area contributed by atoms with E-state index in [1.54, 1.807) is 0 Å². The summed E-state index contributed by atoms with van der Waals surface area (Å²) in [6.07, 6.45) is 32.2. The molecule has 0 radical (unpaired) electrons. The Morgan fingerprint density at radius 3 is 0.821 bits per heavy atom. The van der Waals surface area contributed by atoms with E-state index < -0.39 is 5.31 Å². The van der Waals surface area contributed by atoms with Gasteiger partial charge in [0.2, 0.25) is 0 Å². The predicted molar refractivity (Wildman–Crippen MR) is 141 cm³/mol. The quantitative estimate of drug-likeness (QED) is 0.107. The summed E-state index contributed by atoms with van der Waals surface area (Å²) in [6, 6.07) is 0. The van der Waals surface area contributed by atoms with Crippen LogP contribution in [-0.4, -0.2) is 26.2 Å². The van der Waals surface area contributed by atoms with E-state index in [9.17, 15) is 0 Å². The summed E-state index contributed by atoms with van der Waals surface area (Å²) >= 11 is 3.97. The van der Waals surface area contributed by atoms with Gasteiger partial charge >= 0.3 is 118 Å². The molecule has 0 heterocycles. The molecule has 0 N–H and O–H groups in total. The third-order valence-electron chi connectivity index (χ3n) is 6.02. The Morgan fingerprint density at radius 2 is 0.607 bits per heavy atom. The van der Waals surface area contributed by atoms with Crippen molar-refractivity contribution in [2.75, 3.05) is 26.2 Å². The molecule has 0 aromatic carbocycles. The third-order valence-corrected chi connectivity index (χ3v) is 8.91. The third kappa shape index (κ3) is 26.9. The maximum absolute atomic E-state index is 3.97. The first-order chi connectivity index (χ1) is 13.3. The Labute approximate surface area is 188 Å². The topological polar surface area (TPSA) is 0 Å². The van der Waals surface area contributed by atoms with Crippen LogP contribution in [0.25, 0.3) is 0 Å². The maximum atomic E-state index is 3.97. The second-order valence-corrected chi connectivity index (χ2v) is 24.9. The van der Waals surface area contributed by atoms with Crippen LogP contribution < -0.4 is 0 Å². The van der Waals surface area contributed by atoms with Crippen LogP contribution in [0.5, 0.6) is 0 Å². The molecule has 0 saturated heterocycles. The summed E-state index contributed by atoms with van der Waals surface area (Å²) in [5.74, 6) is 0. The average molecular weight is 480 g/mol. The molecule has 0 unspecified atom stereocenters. The monoisotopic (exact) mass is 478 g/mol. The predicted octanol–water partition coefficient (Wildman–Crippen LogP) is 11.0. The van der Waals surface area contributed by atoms with Gasteiger partial charge in [-0.3, -0.25) is 0 Å². The molecule has 172 valence electrons. The molecular weight excluding hydrogens is 423 g/mol. The van der Waals surface area contributed by atoms with E-state index in [4.69, 9.17) is 0 Å². The summed E-state index contributed by atoms with van der Waals surface area (Å²) in [5, 5.41) is -1.42. The molecule has 0 aliphatic rings. The zero-order chi connectivity index (χ0) is 21.0. The summed E-state index contributed by atoms with van der Waals surface area (Å²) in [6.45, 7) is 9.60. The Hall–Kier alpha value is 0.910. The van der Waals surface area contributed by atoms with Crippen LogP contribution in [0.4, 0.5) is 0 Å². The Kier molecular flexibility index (Phi) is 19.3. The fourth-order valence-corrected chi connectivity index (χ4v) is 6.12. The molecule has 0 saturated carbocycles. The first kappa shape index (κ1) is 28.9. The summed E-state index contributed by atoms with van der Waals surface area (Å²) in [5.41, 5.74) is 0. The zero-order valence-corrected chi connectivity index (χ0v) is 22.9. The van der Waals surface area contributed by atoms with E-state index in [0.29, 0.717) is 0 Å². The van der Waals surface area contributed by atoms with Crippen molar-refractivity contribution in [2.45, 2.75) is 142 Å². The van der Waals surface area contributed by atoms with E-state index in [0.717, 1.165) is 0 Å². The van der Waals surface area contributed by atoms with Crippen LogP contribution in [0.1, 0.15) is 142 Å². The Balaban J connectivity index is 3.07. The van der Waals surface area contributed by atoms with Gasteiger partial charge in [0.1, 0.15) is 0 Å².